The minimum Gasteiger partial charge on any atom is -0.439 e. The van der Waals surface area contributed by atoms with Gasteiger partial charge in [0.1, 0.15) is 5.75 Å². The average molecular weight is 351 g/mol. The van der Waals surface area contributed by atoms with Crippen LogP contribution < -0.4 is 10.1 Å². The maximum atomic E-state index is 12.1. The van der Waals surface area contributed by atoms with Crippen molar-refractivity contribution >= 4 is 17.3 Å². The molecule has 4 nitrogen and oxygen atoms in total. The van der Waals surface area contributed by atoms with Gasteiger partial charge >= 0.3 is 6.61 Å². The molecule has 3 rings (SSSR count). The number of hydrogen-bond donors (Lipinski definition) is 1. The van der Waals surface area contributed by atoms with Gasteiger partial charge in [-0.05, 0) is 36.4 Å². The van der Waals surface area contributed by atoms with Crippen LogP contribution in [0.15, 0.2) is 59.1 Å². The number of ether oxygens (including phenoxy) is 1. The first-order valence-corrected chi connectivity index (χ1v) is 7.47. The molecule has 3 aromatic rings. The van der Waals surface area contributed by atoms with E-state index in [4.69, 9.17) is 16.0 Å². The van der Waals surface area contributed by atoms with Crippen LogP contribution in [0.2, 0.25) is 5.02 Å². The molecule has 0 spiro atoms. The number of nitrogens with one attached hydrogen (secondary N) is 1. The smallest absolute Gasteiger partial charge is 0.387 e. The Labute approximate surface area is 142 Å². The molecule has 0 amide bonds. The molecule has 1 aromatic heterocycles. The number of alkyl halides is 2. The summed E-state index contributed by atoms with van der Waals surface area (Å²) in [5.74, 6) is 1.22. The summed E-state index contributed by atoms with van der Waals surface area (Å²) >= 11 is 5.96. The summed E-state index contributed by atoms with van der Waals surface area (Å²) in [6.45, 7) is -2.48. The first-order chi connectivity index (χ1) is 11.6. The van der Waals surface area contributed by atoms with Crippen LogP contribution in [0.5, 0.6) is 5.75 Å². The predicted octanol–water partition coefficient (Wildman–Crippen LogP) is 5.21. The predicted molar refractivity (Wildman–Crippen MR) is 87.3 cm³/mol. The zero-order valence-corrected chi connectivity index (χ0v) is 13.1. The number of rotatable bonds is 6. The van der Waals surface area contributed by atoms with Gasteiger partial charge in [0.05, 0.1) is 12.7 Å². The minimum absolute atomic E-state index is 0.106. The van der Waals surface area contributed by atoms with E-state index in [1.807, 2.05) is 12.1 Å². The second kappa shape index (κ2) is 7.31. The summed E-state index contributed by atoms with van der Waals surface area (Å²) in [6.07, 6.45) is 1.63. The maximum absolute atomic E-state index is 12.1. The molecule has 7 heteroatoms. The van der Waals surface area contributed by atoms with E-state index in [1.165, 1.54) is 12.1 Å². The van der Waals surface area contributed by atoms with Crippen molar-refractivity contribution in [2.24, 2.45) is 0 Å². The molecular weight excluding hydrogens is 338 g/mol. The first-order valence-electron chi connectivity index (χ1n) is 7.09. The van der Waals surface area contributed by atoms with Crippen molar-refractivity contribution in [1.29, 1.82) is 0 Å². The summed E-state index contributed by atoms with van der Waals surface area (Å²) in [5, 5.41) is 3.71. The van der Waals surface area contributed by atoms with Gasteiger partial charge in [0.15, 0.2) is 5.76 Å². The summed E-state index contributed by atoms with van der Waals surface area (Å²) in [6, 6.07) is 13.5. The fourth-order valence-electron chi connectivity index (χ4n) is 2.10. The normalized spacial score (nSPS) is 10.8. The second-order valence-corrected chi connectivity index (χ2v) is 5.32. The number of benzene rings is 2. The largest absolute Gasteiger partial charge is 0.439 e. The lowest BCUT2D eigenvalue weighted by Crippen LogP contribution is -2.02. The Morgan fingerprint density at radius 3 is 2.67 bits per heavy atom. The van der Waals surface area contributed by atoms with Crippen molar-refractivity contribution in [3.05, 3.63) is 65.6 Å². The van der Waals surface area contributed by atoms with E-state index >= 15 is 0 Å². The second-order valence-electron chi connectivity index (χ2n) is 4.89. The highest BCUT2D eigenvalue weighted by molar-refractivity contribution is 6.30. The molecule has 0 radical (unpaired) electrons. The Kier molecular flexibility index (Phi) is 4.96. The van der Waals surface area contributed by atoms with Crippen molar-refractivity contribution in [3.8, 4) is 17.1 Å². The standard InChI is InChI=1S/C17H13ClF2N2O2/c18-12-3-1-2-11(8-12)15-9-22-16(24-15)10-21-13-4-6-14(7-5-13)23-17(19)20/h1-9,17,21H,10H2. The lowest BCUT2D eigenvalue weighted by Gasteiger charge is -2.06. The fourth-order valence-corrected chi connectivity index (χ4v) is 2.29. The third kappa shape index (κ3) is 4.23. The van der Waals surface area contributed by atoms with E-state index in [0.717, 1.165) is 11.3 Å². The number of oxazole rings is 1. The first kappa shape index (κ1) is 16.3. The molecule has 0 unspecified atom stereocenters. The summed E-state index contributed by atoms with van der Waals surface area (Å²) < 4.78 is 34.1. The molecule has 1 heterocycles. The van der Waals surface area contributed by atoms with Gasteiger partial charge in [-0.15, -0.1) is 0 Å². The van der Waals surface area contributed by atoms with Crippen molar-refractivity contribution in [3.63, 3.8) is 0 Å². The van der Waals surface area contributed by atoms with Gasteiger partial charge < -0.3 is 14.5 Å². The molecule has 0 bridgehead atoms. The molecule has 0 saturated heterocycles. The molecule has 0 aliphatic rings. The SMILES string of the molecule is FC(F)Oc1ccc(NCc2ncc(-c3cccc(Cl)c3)o2)cc1. The van der Waals surface area contributed by atoms with Crippen LogP contribution in [0, 0.1) is 0 Å². The van der Waals surface area contributed by atoms with Crippen LogP contribution >= 0.6 is 11.6 Å². The Balaban J connectivity index is 1.61. The lowest BCUT2D eigenvalue weighted by atomic mass is 10.2. The van der Waals surface area contributed by atoms with E-state index in [2.05, 4.69) is 15.0 Å². The third-order valence-corrected chi connectivity index (χ3v) is 3.42. The summed E-state index contributed by atoms with van der Waals surface area (Å²) in [4.78, 5) is 4.20. The number of hydrogen-bond acceptors (Lipinski definition) is 4. The van der Waals surface area contributed by atoms with Crippen molar-refractivity contribution in [2.45, 2.75) is 13.2 Å². The number of halogens is 3. The summed E-state index contributed by atoms with van der Waals surface area (Å²) in [5.41, 5.74) is 1.58. The van der Waals surface area contributed by atoms with Gasteiger partial charge in [0.25, 0.3) is 0 Å². The van der Waals surface area contributed by atoms with Crippen LogP contribution in [-0.2, 0) is 6.54 Å². The van der Waals surface area contributed by atoms with Crippen LogP contribution in [0.25, 0.3) is 11.3 Å². The molecular formula is C17H13ClF2N2O2. The Morgan fingerprint density at radius 1 is 1.17 bits per heavy atom. The van der Waals surface area contributed by atoms with Gasteiger partial charge in [-0.3, -0.25) is 0 Å². The van der Waals surface area contributed by atoms with E-state index < -0.39 is 6.61 Å². The van der Waals surface area contributed by atoms with Crippen LogP contribution in [0.4, 0.5) is 14.5 Å². The molecule has 1 N–H and O–H groups in total. The van der Waals surface area contributed by atoms with Crippen LogP contribution in [0.1, 0.15) is 5.89 Å². The van der Waals surface area contributed by atoms with Crippen molar-refractivity contribution in [2.75, 3.05) is 5.32 Å². The summed E-state index contributed by atoms with van der Waals surface area (Å²) in [7, 11) is 0. The molecule has 0 aliphatic carbocycles. The molecule has 24 heavy (non-hydrogen) atoms. The van der Waals surface area contributed by atoms with Crippen molar-refractivity contribution in [1.82, 2.24) is 4.98 Å². The highest BCUT2D eigenvalue weighted by Crippen LogP contribution is 2.24. The van der Waals surface area contributed by atoms with Gasteiger partial charge in [-0.2, -0.15) is 8.78 Å². The lowest BCUT2D eigenvalue weighted by molar-refractivity contribution is -0.0498. The maximum Gasteiger partial charge on any atom is 0.387 e. The van der Waals surface area contributed by atoms with Gasteiger partial charge in [-0.1, -0.05) is 23.7 Å². The Hall–Kier alpha value is -2.60. The van der Waals surface area contributed by atoms with E-state index in [9.17, 15) is 8.78 Å². The van der Waals surface area contributed by atoms with Gasteiger partial charge in [0.2, 0.25) is 5.89 Å². The highest BCUT2D eigenvalue weighted by Gasteiger charge is 2.07. The van der Waals surface area contributed by atoms with Crippen molar-refractivity contribution < 1.29 is 17.9 Å². The molecule has 2 aromatic carbocycles. The number of aromatic nitrogens is 1. The van der Waals surface area contributed by atoms with E-state index in [1.54, 1.807) is 30.5 Å². The molecule has 124 valence electrons. The minimum atomic E-state index is -2.83. The average Bonchev–Trinajstić information content (AvgIpc) is 3.03. The number of anilines is 1. The van der Waals surface area contributed by atoms with E-state index in [-0.39, 0.29) is 5.75 Å². The van der Waals surface area contributed by atoms with Crippen LogP contribution in [-0.4, -0.2) is 11.6 Å². The monoisotopic (exact) mass is 350 g/mol. The zero-order valence-electron chi connectivity index (χ0n) is 12.4. The zero-order chi connectivity index (χ0) is 16.9. The third-order valence-electron chi connectivity index (χ3n) is 3.19. The molecule has 0 fully saturated rings. The topological polar surface area (TPSA) is 47.3 Å². The van der Waals surface area contributed by atoms with Crippen LogP contribution in [0.3, 0.4) is 0 Å². The highest BCUT2D eigenvalue weighted by atomic mass is 35.5. The quantitative estimate of drug-likeness (QED) is 0.663. The van der Waals surface area contributed by atoms with E-state index in [0.29, 0.717) is 23.2 Å². The van der Waals surface area contributed by atoms with Gasteiger partial charge in [0, 0.05) is 16.3 Å². The molecule has 0 saturated carbocycles. The number of nitrogens with zero attached hydrogens (tertiary/aromatic N) is 1. The molecule has 0 atom stereocenters. The van der Waals surface area contributed by atoms with Gasteiger partial charge in [-0.25, -0.2) is 4.98 Å². The Bertz CT molecular complexity index is 806. The molecule has 0 aliphatic heterocycles. The fraction of sp³-hybridized carbons (Fsp3) is 0.118. The Morgan fingerprint density at radius 2 is 1.96 bits per heavy atom.